The van der Waals surface area contributed by atoms with E-state index in [9.17, 15) is 4.79 Å². The molecule has 23 heavy (non-hydrogen) atoms. The minimum Gasteiger partial charge on any atom is -0.486 e. The Bertz CT molecular complexity index is 534. The molecule has 128 valence electrons. The number of benzene rings is 1. The lowest BCUT2D eigenvalue weighted by molar-refractivity contribution is -0.122. The molecule has 0 radical (unpaired) electrons. The van der Waals surface area contributed by atoms with E-state index in [1.165, 1.54) is 6.42 Å². The van der Waals surface area contributed by atoms with Gasteiger partial charge in [-0.2, -0.15) is 0 Å². The van der Waals surface area contributed by atoms with E-state index in [2.05, 4.69) is 26.1 Å². The zero-order chi connectivity index (χ0) is 16.9. The van der Waals surface area contributed by atoms with Crippen LogP contribution in [0.1, 0.15) is 58.4 Å². The van der Waals surface area contributed by atoms with Gasteiger partial charge in [-0.1, -0.05) is 33.3 Å². The molecule has 0 aromatic heterocycles. The van der Waals surface area contributed by atoms with Crippen molar-refractivity contribution in [3.63, 3.8) is 0 Å². The van der Waals surface area contributed by atoms with Crippen LogP contribution in [-0.2, 0) is 4.79 Å². The van der Waals surface area contributed by atoms with Crippen LogP contribution in [-0.4, -0.2) is 25.7 Å². The van der Waals surface area contributed by atoms with Gasteiger partial charge < -0.3 is 14.8 Å². The van der Waals surface area contributed by atoms with E-state index in [0.29, 0.717) is 18.6 Å². The van der Waals surface area contributed by atoms with Crippen LogP contribution in [0, 0.1) is 5.41 Å². The second-order valence-corrected chi connectivity index (χ2v) is 7.43. The Morgan fingerprint density at radius 1 is 1.17 bits per heavy atom. The molecule has 4 nitrogen and oxygen atoms in total. The maximum atomic E-state index is 12.3. The summed E-state index contributed by atoms with van der Waals surface area (Å²) < 4.78 is 11.1. The lowest BCUT2D eigenvalue weighted by Crippen LogP contribution is -2.29. The van der Waals surface area contributed by atoms with Crippen LogP contribution in [0.25, 0.3) is 0 Å². The number of hydrogen-bond acceptors (Lipinski definition) is 3. The molecule has 1 aliphatic heterocycles. The molecule has 2 rings (SSSR count). The first kappa shape index (κ1) is 17.6. The molecule has 1 heterocycles. The third-order valence-electron chi connectivity index (χ3n) is 4.11. The molecule has 0 saturated carbocycles. The minimum atomic E-state index is -0.187. The van der Waals surface area contributed by atoms with Crippen molar-refractivity contribution in [2.45, 2.75) is 52.9 Å². The highest BCUT2D eigenvalue weighted by Gasteiger charge is 2.19. The molecule has 1 aliphatic rings. The average molecular weight is 319 g/mol. The molecule has 1 amide bonds. The van der Waals surface area contributed by atoms with Gasteiger partial charge in [-0.3, -0.25) is 4.79 Å². The largest absolute Gasteiger partial charge is 0.486 e. The fourth-order valence-electron chi connectivity index (χ4n) is 2.63. The molecule has 0 fully saturated rings. The topological polar surface area (TPSA) is 47.6 Å². The Balaban J connectivity index is 1.80. The van der Waals surface area contributed by atoms with Gasteiger partial charge in [0.1, 0.15) is 13.2 Å². The van der Waals surface area contributed by atoms with Crippen molar-refractivity contribution in [1.29, 1.82) is 0 Å². The van der Waals surface area contributed by atoms with Gasteiger partial charge in [-0.25, -0.2) is 0 Å². The number of amides is 1. The first-order valence-electron chi connectivity index (χ1n) is 8.54. The van der Waals surface area contributed by atoms with Crippen molar-refractivity contribution in [1.82, 2.24) is 5.32 Å². The van der Waals surface area contributed by atoms with Crippen molar-refractivity contribution < 1.29 is 14.3 Å². The van der Waals surface area contributed by atoms with E-state index in [1.807, 2.05) is 25.1 Å². The van der Waals surface area contributed by atoms with Crippen molar-refractivity contribution in [2.75, 3.05) is 19.8 Å². The fourth-order valence-corrected chi connectivity index (χ4v) is 2.63. The van der Waals surface area contributed by atoms with Crippen LogP contribution in [0.5, 0.6) is 11.5 Å². The molecule has 1 aromatic carbocycles. The molecule has 1 aromatic rings. The monoisotopic (exact) mass is 319 g/mol. The standard InChI is InChI=1S/C19H29NO3/c1-14(18(21)20-10-6-5-9-19(2,3)4)15-7-8-16-17(13-15)23-12-11-22-16/h7-8,13-14H,5-6,9-12H2,1-4H3,(H,20,21). The van der Waals surface area contributed by atoms with Crippen LogP contribution in [0.3, 0.4) is 0 Å². The van der Waals surface area contributed by atoms with Gasteiger partial charge in [-0.05, 0) is 42.9 Å². The zero-order valence-corrected chi connectivity index (χ0v) is 14.8. The molecule has 1 atom stereocenters. The quantitative estimate of drug-likeness (QED) is 0.809. The highest BCUT2D eigenvalue weighted by Crippen LogP contribution is 2.33. The Hall–Kier alpha value is -1.71. The lowest BCUT2D eigenvalue weighted by Gasteiger charge is -2.20. The van der Waals surface area contributed by atoms with E-state index in [-0.39, 0.29) is 11.8 Å². The molecular weight excluding hydrogens is 290 g/mol. The minimum absolute atomic E-state index is 0.0671. The summed E-state index contributed by atoms with van der Waals surface area (Å²) in [6.07, 6.45) is 3.35. The number of unbranched alkanes of at least 4 members (excludes halogenated alkanes) is 1. The molecule has 0 aliphatic carbocycles. The van der Waals surface area contributed by atoms with E-state index in [0.717, 1.165) is 36.4 Å². The summed E-state index contributed by atoms with van der Waals surface area (Å²) in [4.78, 5) is 12.3. The molecule has 0 bridgehead atoms. The van der Waals surface area contributed by atoms with E-state index in [4.69, 9.17) is 9.47 Å². The van der Waals surface area contributed by atoms with Crippen molar-refractivity contribution in [3.8, 4) is 11.5 Å². The number of ether oxygens (including phenoxy) is 2. The number of carbonyl (C=O) groups is 1. The van der Waals surface area contributed by atoms with Gasteiger partial charge in [0, 0.05) is 6.54 Å². The Morgan fingerprint density at radius 2 is 1.87 bits per heavy atom. The number of fused-ring (bicyclic) bond motifs is 1. The van der Waals surface area contributed by atoms with Crippen LogP contribution in [0.4, 0.5) is 0 Å². The van der Waals surface area contributed by atoms with E-state index < -0.39 is 0 Å². The Kier molecular flexibility index (Phi) is 5.91. The van der Waals surface area contributed by atoms with Crippen molar-refractivity contribution >= 4 is 5.91 Å². The van der Waals surface area contributed by atoms with Crippen LogP contribution < -0.4 is 14.8 Å². The summed E-state index contributed by atoms with van der Waals surface area (Å²) in [5, 5.41) is 3.04. The summed E-state index contributed by atoms with van der Waals surface area (Å²) in [6, 6.07) is 5.74. The maximum Gasteiger partial charge on any atom is 0.227 e. The SMILES string of the molecule is CC(C(=O)NCCCCC(C)(C)C)c1ccc2c(c1)OCCO2. The van der Waals surface area contributed by atoms with Crippen LogP contribution >= 0.6 is 0 Å². The highest BCUT2D eigenvalue weighted by atomic mass is 16.6. The van der Waals surface area contributed by atoms with Gasteiger partial charge >= 0.3 is 0 Å². The van der Waals surface area contributed by atoms with E-state index in [1.54, 1.807) is 0 Å². The van der Waals surface area contributed by atoms with Crippen LogP contribution in [0.15, 0.2) is 18.2 Å². The molecule has 1 unspecified atom stereocenters. The number of hydrogen-bond donors (Lipinski definition) is 1. The van der Waals surface area contributed by atoms with Gasteiger partial charge in [0.2, 0.25) is 5.91 Å². The second-order valence-electron chi connectivity index (χ2n) is 7.43. The Morgan fingerprint density at radius 3 is 2.57 bits per heavy atom. The van der Waals surface area contributed by atoms with Crippen molar-refractivity contribution in [3.05, 3.63) is 23.8 Å². The van der Waals surface area contributed by atoms with Crippen LogP contribution in [0.2, 0.25) is 0 Å². The summed E-state index contributed by atoms with van der Waals surface area (Å²) in [7, 11) is 0. The molecule has 1 N–H and O–H groups in total. The summed E-state index contributed by atoms with van der Waals surface area (Å²) in [5.74, 6) is 1.37. The molecule has 0 saturated heterocycles. The maximum absolute atomic E-state index is 12.3. The molecule has 4 heteroatoms. The third-order valence-corrected chi connectivity index (χ3v) is 4.11. The summed E-state index contributed by atoms with van der Waals surface area (Å²) in [6.45, 7) is 10.5. The zero-order valence-electron chi connectivity index (χ0n) is 14.8. The first-order valence-corrected chi connectivity index (χ1v) is 8.54. The average Bonchev–Trinajstić information content (AvgIpc) is 2.52. The number of rotatable bonds is 6. The summed E-state index contributed by atoms with van der Waals surface area (Å²) in [5.41, 5.74) is 1.32. The number of nitrogens with one attached hydrogen (secondary N) is 1. The highest BCUT2D eigenvalue weighted by molar-refractivity contribution is 5.83. The summed E-state index contributed by atoms with van der Waals surface area (Å²) >= 11 is 0. The molecule has 0 spiro atoms. The predicted octanol–water partition coefficient (Wildman–Crippen LogP) is 3.89. The smallest absolute Gasteiger partial charge is 0.227 e. The van der Waals surface area contributed by atoms with Gasteiger partial charge in [0.25, 0.3) is 0 Å². The molecular formula is C19H29NO3. The first-order chi connectivity index (χ1) is 10.9. The Labute approximate surface area is 139 Å². The van der Waals surface area contributed by atoms with Gasteiger partial charge in [-0.15, -0.1) is 0 Å². The second kappa shape index (κ2) is 7.71. The van der Waals surface area contributed by atoms with Gasteiger partial charge in [0.15, 0.2) is 11.5 Å². The lowest BCUT2D eigenvalue weighted by atomic mass is 9.90. The van der Waals surface area contributed by atoms with E-state index >= 15 is 0 Å². The normalized spacial score (nSPS) is 15.1. The number of carbonyl (C=O) groups excluding carboxylic acids is 1. The fraction of sp³-hybridized carbons (Fsp3) is 0.632. The third kappa shape index (κ3) is 5.45. The predicted molar refractivity (Wildman–Crippen MR) is 92.2 cm³/mol. The van der Waals surface area contributed by atoms with Gasteiger partial charge in [0.05, 0.1) is 5.92 Å². The van der Waals surface area contributed by atoms with Crippen molar-refractivity contribution in [2.24, 2.45) is 5.41 Å².